The Kier molecular flexibility index (Phi) is 7.54. The van der Waals surface area contributed by atoms with Crippen LogP contribution in [-0.2, 0) is 17.2 Å². The number of rotatable bonds is 5. The Morgan fingerprint density at radius 2 is 1.64 bits per heavy atom. The normalized spacial score (nSPS) is 17.0. The maximum atomic E-state index is 13.8. The molecule has 2 aromatic carbocycles. The SMILES string of the molecule is Cl.O=S(c1ccccc1F)C1CCN(CCc2ccc(F)cc2)CC1. The topological polar surface area (TPSA) is 20.3 Å². The van der Waals surface area contributed by atoms with Gasteiger partial charge in [0.05, 0.1) is 15.7 Å². The molecule has 0 saturated carbocycles. The third-order valence-corrected chi connectivity index (χ3v) is 6.36. The van der Waals surface area contributed by atoms with Gasteiger partial charge in [0, 0.05) is 11.8 Å². The Morgan fingerprint density at radius 3 is 2.28 bits per heavy atom. The third kappa shape index (κ3) is 5.33. The largest absolute Gasteiger partial charge is 0.303 e. The van der Waals surface area contributed by atoms with Crippen molar-refractivity contribution in [2.24, 2.45) is 0 Å². The van der Waals surface area contributed by atoms with Crippen molar-refractivity contribution in [2.45, 2.75) is 29.4 Å². The highest BCUT2D eigenvalue weighted by Gasteiger charge is 2.26. The molecule has 1 aliphatic heterocycles. The molecule has 2 aromatic rings. The van der Waals surface area contributed by atoms with Crippen molar-refractivity contribution >= 4 is 23.2 Å². The van der Waals surface area contributed by atoms with E-state index in [1.54, 1.807) is 18.2 Å². The monoisotopic (exact) mass is 385 g/mol. The molecular weight excluding hydrogens is 364 g/mol. The second-order valence-electron chi connectivity index (χ2n) is 6.15. The standard InChI is InChI=1S/C19H21F2NOS.ClH/c20-16-7-5-15(6-8-16)9-12-22-13-10-17(11-14-22)24(23)19-4-2-1-3-18(19)21;/h1-8,17H,9-14H2;1H. The minimum Gasteiger partial charge on any atom is -0.303 e. The number of hydrogen-bond donors (Lipinski definition) is 0. The molecule has 0 N–H and O–H groups in total. The van der Waals surface area contributed by atoms with Crippen LogP contribution in [-0.4, -0.2) is 34.0 Å². The molecule has 2 nitrogen and oxygen atoms in total. The van der Waals surface area contributed by atoms with Gasteiger partial charge in [0.1, 0.15) is 11.6 Å². The van der Waals surface area contributed by atoms with Crippen molar-refractivity contribution < 1.29 is 13.0 Å². The first-order chi connectivity index (χ1) is 11.6. The molecule has 1 fully saturated rings. The van der Waals surface area contributed by atoms with Gasteiger partial charge in [-0.15, -0.1) is 12.4 Å². The van der Waals surface area contributed by atoms with E-state index in [0.29, 0.717) is 4.90 Å². The van der Waals surface area contributed by atoms with E-state index < -0.39 is 10.8 Å². The van der Waals surface area contributed by atoms with Crippen LogP contribution in [0.5, 0.6) is 0 Å². The predicted octanol–water partition coefficient (Wildman–Crippen LogP) is 4.20. The molecule has 136 valence electrons. The van der Waals surface area contributed by atoms with Crippen LogP contribution >= 0.6 is 12.4 Å². The summed E-state index contributed by atoms with van der Waals surface area (Å²) in [6, 6.07) is 12.9. The number of nitrogens with zero attached hydrogens (tertiary/aromatic N) is 1. The van der Waals surface area contributed by atoms with E-state index in [-0.39, 0.29) is 29.3 Å². The molecule has 1 saturated heterocycles. The van der Waals surface area contributed by atoms with Crippen LogP contribution in [0.25, 0.3) is 0 Å². The van der Waals surface area contributed by atoms with E-state index in [1.165, 1.54) is 18.2 Å². The van der Waals surface area contributed by atoms with Gasteiger partial charge in [0.2, 0.25) is 0 Å². The average Bonchev–Trinajstić information content (AvgIpc) is 2.61. The molecule has 0 bridgehead atoms. The number of hydrogen-bond acceptors (Lipinski definition) is 2. The van der Waals surface area contributed by atoms with Gasteiger partial charge in [0.25, 0.3) is 0 Å². The predicted molar refractivity (Wildman–Crippen MR) is 99.6 cm³/mol. The van der Waals surface area contributed by atoms with Crippen molar-refractivity contribution in [1.29, 1.82) is 0 Å². The van der Waals surface area contributed by atoms with E-state index in [4.69, 9.17) is 0 Å². The zero-order valence-corrected chi connectivity index (χ0v) is 15.5. The van der Waals surface area contributed by atoms with Crippen LogP contribution < -0.4 is 0 Å². The van der Waals surface area contributed by atoms with Crippen LogP contribution in [0, 0.1) is 11.6 Å². The molecule has 6 heteroatoms. The molecule has 0 amide bonds. The van der Waals surface area contributed by atoms with Crippen molar-refractivity contribution in [3.8, 4) is 0 Å². The van der Waals surface area contributed by atoms with Crippen molar-refractivity contribution in [1.82, 2.24) is 4.90 Å². The molecule has 0 aliphatic carbocycles. The first kappa shape index (κ1) is 20.0. The lowest BCUT2D eigenvalue weighted by Gasteiger charge is -2.31. The van der Waals surface area contributed by atoms with Crippen molar-refractivity contribution in [2.75, 3.05) is 19.6 Å². The fraction of sp³-hybridized carbons (Fsp3) is 0.368. The van der Waals surface area contributed by atoms with Crippen LogP contribution in [0.2, 0.25) is 0 Å². The second-order valence-corrected chi connectivity index (χ2v) is 7.85. The minimum atomic E-state index is -1.28. The third-order valence-electron chi connectivity index (χ3n) is 4.52. The molecule has 0 spiro atoms. The minimum absolute atomic E-state index is 0. The van der Waals surface area contributed by atoms with E-state index in [2.05, 4.69) is 4.90 Å². The highest BCUT2D eigenvalue weighted by atomic mass is 35.5. The van der Waals surface area contributed by atoms with E-state index in [0.717, 1.165) is 44.5 Å². The Bertz CT molecular complexity index is 703. The highest BCUT2D eigenvalue weighted by Crippen LogP contribution is 2.23. The first-order valence-electron chi connectivity index (χ1n) is 8.25. The van der Waals surface area contributed by atoms with Crippen LogP contribution in [0.1, 0.15) is 18.4 Å². The zero-order chi connectivity index (χ0) is 16.9. The Hall–Kier alpha value is -1.30. The van der Waals surface area contributed by atoms with Gasteiger partial charge < -0.3 is 4.90 Å². The average molecular weight is 386 g/mol. The Labute approximate surface area is 156 Å². The Balaban J connectivity index is 0.00000225. The summed E-state index contributed by atoms with van der Waals surface area (Å²) in [7, 11) is -1.28. The first-order valence-corrected chi connectivity index (χ1v) is 9.46. The highest BCUT2D eigenvalue weighted by molar-refractivity contribution is 7.85. The zero-order valence-electron chi connectivity index (χ0n) is 13.9. The van der Waals surface area contributed by atoms with E-state index in [1.807, 2.05) is 12.1 Å². The van der Waals surface area contributed by atoms with Crippen molar-refractivity contribution in [3.63, 3.8) is 0 Å². The lowest BCUT2D eigenvalue weighted by atomic mass is 10.1. The summed E-state index contributed by atoms with van der Waals surface area (Å²) in [6.07, 6.45) is 2.50. The van der Waals surface area contributed by atoms with Crippen LogP contribution in [0.4, 0.5) is 8.78 Å². The number of benzene rings is 2. The molecule has 1 heterocycles. The van der Waals surface area contributed by atoms with Gasteiger partial charge >= 0.3 is 0 Å². The van der Waals surface area contributed by atoms with Gasteiger partial charge in [-0.2, -0.15) is 0 Å². The molecule has 1 aliphatic rings. The maximum Gasteiger partial charge on any atom is 0.139 e. The number of halogens is 3. The van der Waals surface area contributed by atoms with Gasteiger partial charge in [-0.25, -0.2) is 8.78 Å². The summed E-state index contributed by atoms with van der Waals surface area (Å²) in [5, 5.41) is 0.0176. The summed E-state index contributed by atoms with van der Waals surface area (Å²) in [5.41, 5.74) is 1.12. The molecule has 1 unspecified atom stereocenters. The summed E-state index contributed by atoms with van der Waals surface area (Å²) < 4.78 is 39.2. The molecule has 1 atom stereocenters. The fourth-order valence-electron chi connectivity index (χ4n) is 3.07. The van der Waals surface area contributed by atoms with Gasteiger partial charge in [-0.05, 0) is 62.2 Å². The summed E-state index contributed by atoms with van der Waals surface area (Å²) in [5.74, 6) is -0.593. The lowest BCUT2D eigenvalue weighted by molar-refractivity contribution is 0.234. The summed E-state index contributed by atoms with van der Waals surface area (Å²) in [6.45, 7) is 2.64. The van der Waals surface area contributed by atoms with E-state index >= 15 is 0 Å². The molecular formula is C19H22ClF2NOS. The Morgan fingerprint density at radius 1 is 1.00 bits per heavy atom. The molecule has 3 rings (SSSR count). The van der Waals surface area contributed by atoms with Crippen LogP contribution in [0.3, 0.4) is 0 Å². The smallest absolute Gasteiger partial charge is 0.139 e. The van der Waals surface area contributed by atoms with Gasteiger partial charge in [0.15, 0.2) is 0 Å². The second kappa shape index (κ2) is 9.41. The molecule has 0 aromatic heterocycles. The van der Waals surface area contributed by atoms with E-state index in [9.17, 15) is 13.0 Å². The summed E-state index contributed by atoms with van der Waals surface area (Å²) >= 11 is 0. The van der Waals surface area contributed by atoms with Crippen molar-refractivity contribution in [3.05, 3.63) is 65.7 Å². The fourth-order valence-corrected chi connectivity index (χ4v) is 4.54. The molecule has 0 radical (unpaired) electrons. The van der Waals surface area contributed by atoms with Crippen LogP contribution in [0.15, 0.2) is 53.4 Å². The molecule has 25 heavy (non-hydrogen) atoms. The summed E-state index contributed by atoms with van der Waals surface area (Å²) in [4.78, 5) is 2.65. The number of piperidine rings is 1. The van der Waals surface area contributed by atoms with Gasteiger partial charge in [-0.1, -0.05) is 24.3 Å². The maximum absolute atomic E-state index is 13.8. The number of likely N-dealkylation sites (tertiary alicyclic amines) is 1. The quantitative estimate of drug-likeness (QED) is 0.768. The lowest BCUT2D eigenvalue weighted by Crippen LogP contribution is -2.38. The van der Waals surface area contributed by atoms with Gasteiger partial charge in [-0.3, -0.25) is 4.21 Å².